The van der Waals surface area contributed by atoms with Gasteiger partial charge < -0.3 is 5.73 Å². The fraction of sp³-hybridized carbons (Fsp3) is 0.571. The molecule has 1 saturated carbocycles. The van der Waals surface area contributed by atoms with Crippen LogP contribution >= 0.6 is 0 Å². The van der Waals surface area contributed by atoms with Crippen molar-refractivity contribution in [1.29, 1.82) is 0 Å². The molecule has 106 valence electrons. The fourth-order valence-electron chi connectivity index (χ4n) is 2.57. The van der Waals surface area contributed by atoms with Crippen molar-refractivity contribution in [3.8, 4) is 0 Å². The van der Waals surface area contributed by atoms with Gasteiger partial charge in [-0.25, -0.2) is 13.1 Å². The average Bonchev–Trinajstić information content (AvgIpc) is 2.39. The van der Waals surface area contributed by atoms with E-state index in [2.05, 4.69) is 4.72 Å². The zero-order chi connectivity index (χ0) is 13.9. The molecule has 3 N–H and O–H groups in total. The summed E-state index contributed by atoms with van der Waals surface area (Å²) in [4.78, 5) is 0.341. The molecule has 0 aromatic heterocycles. The van der Waals surface area contributed by atoms with Crippen LogP contribution in [0.15, 0.2) is 23.1 Å². The minimum Gasteiger partial charge on any atom is -0.326 e. The highest BCUT2D eigenvalue weighted by molar-refractivity contribution is 7.89. The smallest absolute Gasteiger partial charge is 0.240 e. The van der Waals surface area contributed by atoms with E-state index in [0.717, 1.165) is 36.8 Å². The third kappa shape index (κ3) is 3.55. The van der Waals surface area contributed by atoms with Gasteiger partial charge in [0.1, 0.15) is 0 Å². The Bertz CT molecular complexity index is 534. The molecule has 0 unspecified atom stereocenters. The van der Waals surface area contributed by atoms with E-state index < -0.39 is 10.0 Å². The largest absolute Gasteiger partial charge is 0.326 e. The van der Waals surface area contributed by atoms with Gasteiger partial charge >= 0.3 is 0 Å². The fourth-order valence-corrected chi connectivity index (χ4v) is 3.96. The number of nitrogens with one attached hydrogen (secondary N) is 1. The Morgan fingerprint density at radius 1 is 1.26 bits per heavy atom. The van der Waals surface area contributed by atoms with E-state index in [9.17, 15) is 8.42 Å². The Morgan fingerprint density at radius 3 is 2.53 bits per heavy atom. The number of rotatable bonds is 4. The lowest BCUT2D eigenvalue weighted by Gasteiger charge is -2.22. The first kappa shape index (κ1) is 14.5. The van der Waals surface area contributed by atoms with Gasteiger partial charge in [0.15, 0.2) is 0 Å². The lowest BCUT2D eigenvalue weighted by Crippen LogP contribution is -2.36. The van der Waals surface area contributed by atoms with Crippen molar-refractivity contribution >= 4 is 10.0 Å². The lowest BCUT2D eigenvalue weighted by molar-refractivity contribution is 0.412. The van der Waals surface area contributed by atoms with Gasteiger partial charge in [0.2, 0.25) is 10.0 Å². The summed E-state index contributed by atoms with van der Waals surface area (Å²) in [6.45, 7) is 2.32. The van der Waals surface area contributed by atoms with E-state index in [4.69, 9.17) is 5.73 Å². The minimum absolute atomic E-state index is 0.0910. The molecule has 1 aromatic rings. The second kappa shape index (κ2) is 6.03. The van der Waals surface area contributed by atoms with Gasteiger partial charge in [0.25, 0.3) is 0 Å². The monoisotopic (exact) mass is 282 g/mol. The van der Waals surface area contributed by atoms with E-state index >= 15 is 0 Å². The molecule has 0 radical (unpaired) electrons. The van der Waals surface area contributed by atoms with E-state index in [0.29, 0.717) is 11.4 Å². The summed E-state index contributed by atoms with van der Waals surface area (Å²) >= 11 is 0. The summed E-state index contributed by atoms with van der Waals surface area (Å²) in [6.07, 6.45) is 5.32. The first-order valence-corrected chi connectivity index (χ1v) is 8.33. The Kier molecular flexibility index (Phi) is 4.60. The molecule has 0 atom stereocenters. The molecule has 0 aliphatic heterocycles. The summed E-state index contributed by atoms with van der Waals surface area (Å²) in [6, 6.07) is 5.23. The maximum absolute atomic E-state index is 12.3. The molecule has 1 aliphatic carbocycles. The predicted octanol–water partition coefficient (Wildman–Crippen LogP) is 2.06. The Morgan fingerprint density at radius 2 is 1.95 bits per heavy atom. The summed E-state index contributed by atoms with van der Waals surface area (Å²) in [7, 11) is -3.40. The van der Waals surface area contributed by atoms with Crippen molar-refractivity contribution in [2.45, 2.75) is 56.5 Å². The number of hydrogen-bond donors (Lipinski definition) is 2. The zero-order valence-corrected chi connectivity index (χ0v) is 12.2. The molecule has 2 rings (SSSR count). The number of nitrogens with two attached hydrogens (primary N) is 1. The van der Waals surface area contributed by atoms with Crippen LogP contribution in [0.2, 0.25) is 0 Å². The van der Waals surface area contributed by atoms with Gasteiger partial charge in [-0.05, 0) is 43.0 Å². The van der Waals surface area contributed by atoms with Crippen LogP contribution < -0.4 is 10.5 Å². The van der Waals surface area contributed by atoms with Gasteiger partial charge in [0.05, 0.1) is 4.90 Å². The Balaban J connectivity index is 2.16. The number of hydrogen-bond acceptors (Lipinski definition) is 3. The molecule has 0 heterocycles. The maximum atomic E-state index is 12.3. The lowest BCUT2D eigenvalue weighted by atomic mass is 9.96. The molecular formula is C14H22N2O2S. The van der Waals surface area contributed by atoms with Gasteiger partial charge in [0, 0.05) is 12.6 Å². The van der Waals surface area contributed by atoms with Crippen LogP contribution in [0.5, 0.6) is 0 Å². The quantitative estimate of drug-likeness (QED) is 0.888. The first-order chi connectivity index (χ1) is 9.03. The standard InChI is InChI=1S/C14H22N2O2S/c1-11-9-14(8-7-12(11)10-15)19(17,18)16-13-5-3-2-4-6-13/h7-9,13,16H,2-6,10,15H2,1H3. The third-order valence-electron chi connectivity index (χ3n) is 3.77. The predicted molar refractivity (Wildman–Crippen MR) is 76.3 cm³/mol. The van der Waals surface area contributed by atoms with E-state index in [1.807, 2.05) is 6.92 Å². The van der Waals surface area contributed by atoms with Crippen molar-refractivity contribution < 1.29 is 8.42 Å². The topological polar surface area (TPSA) is 72.2 Å². The van der Waals surface area contributed by atoms with Gasteiger partial charge in [-0.3, -0.25) is 0 Å². The molecule has 0 saturated heterocycles. The van der Waals surface area contributed by atoms with Crippen molar-refractivity contribution in [1.82, 2.24) is 4.72 Å². The van der Waals surface area contributed by atoms with Crippen LogP contribution in [-0.4, -0.2) is 14.5 Å². The van der Waals surface area contributed by atoms with Gasteiger partial charge in [-0.15, -0.1) is 0 Å². The van der Waals surface area contributed by atoms with E-state index in [-0.39, 0.29) is 6.04 Å². The van der Waals surface area contributed by atoms with E-state index in [1.165, 1.54) is 6.42 Å². The van der Waals surface area contributed by atoms with Gasteiger partial charge in [-0.1, -0.05) is 25.3 Å². The molecule has 4 nitrogen and oxygen atoms in total. The minimum atomic E-state index is -3.40. The molecule has 1 aromatic carbocycles. The average molecular weight is 282 g/mol. The third-order valence-corrected chi connectivity index (χ3v) is 5.29. The maximum Gasteiger partial charge on any atom is 0.240 e. The SMILES string of the molecule is Cc1cc(S(=O)(=O)NC2CCCCC2)ccc1CN. The van der Waals surface area contributed by atoms with Crippen molar-refractivity contribution in [2.75, 3.05) is 0 Å². The number of aryl methyl sites for hydroxylation is 1. The molecule has 0 bridgehead atoms. The van der Waals surface area contributed by atoms with Crippen LogP contribution in [0.1, 0.15) is 43.2 Å². The summed E-state index contributed by atoms with van der Waals surface area (Å²) in [5.41, 5.74) is 7.50. The Labute approximate surface area is 115 Å². The number of benzene rings is 1. The van der Waals surface area contributed by atoms with Crippen LogP contribution in [-0.2, 0) is 16.6 Å². The molecule has 5 heteroatoms. The molecule has 0 spiro atoms. The highest BCUT2D eigenvalue weighted by Gasteiger charge is 2.22. The van der Waals surface area contributed by atoms with Crippen LogP contribution in [0.4, 0.5) is 0 Å². The normalized spacial score (nSPS) is 17.6. The summed E-state index contributed by atoms with van der Waals surface area (Å²) < 4.78 is 27.4. The van der Waals surface area contributed by atoms with E-state index in [1.54, 1.807) is 18.2 Å². The first-order valence-electron chi connectivity index (χ1n) is 6.85. The van der Waals surface area contributed by atoms with Gasteiger partial charge in [-0.2, -0.15) is 0 Å². The van der Waals surface area contributed by atoms with Crippen molar-refractivity contribution in [3.63, 3.8) is 0 Å². The Hall–Kier alpha value is -0.910. The van der Waals surface area contributed by atoms with Crippen LogP contribution in [0.25, 0.3) is 0 Å². The van der Waals surface area contributed by atoms with Crippen LogP contribution in [0.3, 0.4) is 0 Å². The summed E-state index contributed by atoms with van der Waals surface area (Å²) in [5.74, 6) is 0. The molecule has 1 fully saturated rings. The second-order valence-corrected chi connectivity index (χ2v) is 6.96. The highest BCUT2D eigenvalue weighted by Crippen LogP contribution is 2.21. The highest BCUT2D eigenvalue weighted by atomic mass is 32.2. The number of sulfonamides is 1. The van der Waals surface area contributed by atoms with Crippen LogP contribution in [0, 0.1) is 6.92 Å². The zero-order valence-electron chi connectivity index (χ0n) is 11.4. The summed E-state index contributed by atoms with van der Waals surface area (Å²) in [5, 5.41) is 0. The molecule has 0 amide bonds. The molecule has 1 aliphatic rings. The van der Waals surface area contributed by atoms with Crippen molar-refractivity contribution in [2.24, 2.45) is 5.73 Å². The molecule has 19 heavy (non-hydrogen) atoms. The van der Waals surface area contributed by atoms with Crippen molar-refractivity contribution in [3.05, 3.63) is 29.3 Å². The molecular weight excluding hydrogens is 260 g/mol. The second-order valence-electron chi connectivity index (χ2n) is 5.25.